The second-order valence-electron chi connectivity index (χ2n) is 7.65. The molecule has 4 amide bonds. The number of methoxy groups -OCH3 is 1. The fourth-order valence-electron chi connectivity index (χ4n) is 4.06. The van der Waals surface area contributed by atoms with Gasteiger partial charge in [0, 0.05) is 11.9 Å². The molecule has 5 rings (SSSR count). The predicted octanol–water partition coefficient (Wildman–Crippen LogP) is 2.11. The summed E-state index contributed by atoms with van der Waals surface area (Å²) < 4.78 is 39.3. The summed E-state index contributed by atoms with van der Waals surface area (Å²) in [5.74, 6) is -2.91. The molecule has 0 aliphatic carbocycles. The van der Waals surface area contributed by atoms with E-state index in [2.05, 4.69) is 15.6 Å². The molecular formula is C21H16F2N4O5. The maximum Gasteiger partial charge on any atom is 0.322 e. The Morgan fingerprint density at radius 2 is 2.03 bits per heavy atom. The first-order valence-electron chi connectivity index (χ1n) is 9.59. The maximum absolute atomic E-state index is 14.7. The number of halogens is 2. The van der Waals surface area contributed by atoms with Gasteiger partial charge in [0.05, 0.1) is 24.9 Å². The second kappa shape index (κ2) is 6.74. The minimum Gasteiger partial charge on any atom is -0.494 e. The van der Waals surface area contributed by atoms with E-state index < -0.39 is 35.0 Å². The van der Waals surface area contributed by atoms with Gasteiger partial charge < -0.3 is 19.4 Å². The first-order valence-corrected chi connectivity index (χ1v) is 9.59. The number of pyridine rings is 1. The largest absolute Gasteiger partial charge is 0.494 e. The van der Waals surface area contributed by atoms with Crippen LogP contribution in [0.2, 0.25) is 0 Å². The summed E-state index contributed by atoms with van der Waals surface area (Å²) >= 11 is 0. The number of hydrogen-bond donors (Lipinski definition) is 2. The average Bonchev–Trinajstić information content (AvgIpc) is 3.38. The van der Waals surface area contributed by atoms with Gasteiger partial charge in [0.2, 0.25) is 5.71 Å². The van der Waals surface area contributed by atoms with Gasteiger partial charge in [-0.3, -0.25) is 14.9 Å². The van der Waals surface area contributed by atoms with Crippen LogP contribution >= 0.6 is 0 Å². The van der Waals surface area contributed by atoms with Crippen molar-refractivity contribution in [3.8, 4) is 5.75 Å². The molecule has 2 aliphatic rings. The molecule has 0 spiro atoms. The number of nitrogens with one attached hydrogen (secondary N) is 2. The highest BCUT2D eigenvalue weighted by molar-refractivity contribution is 6.08. The number of amides is 4. The number of aromatic nitrogens is 1. The van der Waals surface area contributed by atoms with E-state index in [1.165, 1.54) is 37.1 Å². The molecule has 164 valence electrons. The lowest BCUT2D eigenvalue weighted by atomic mass is 9.95. The van der Waals surface area contributed by atoms with E-state index in [1.807, 2.05) is 0 Å². The van der Waals surface area contributed by atoms with Crippen LogP contribution in [0.5, 0.6) is 5.75 Å². The zero-order valence-electron chi connectivity index (χ0n) is 16.9. The number of nitrogens with zero attached hydrogens (tertiary/aromatic N) is 2. The molecule has 4 heterocycles. The number of fused-ring (bicyclic) bond motifs is 2. The standard InChI is InChI=1S/C21H16F2N4O5/c1-9-12(22)5-11-6-14(32-17(11)24-9)21(19(29)25-20(30)26-21)8-27-7-10-3-4-13(31-2)16(23)15(10)18(27)28/h3-6H,7-8H2,1-2H3,(H2,25,26,29,30)/t21-/m0/s1. The average molecular weight is 442 g/mol. The lowest BCUT2D eigenvalue weighted by Gasteiger charge is -2.28. The fourth-order valence-corrected chi connectivity index (χ4v) is 4.06. The monoisotopic (exact) mass is 442 g/mol. The van der Waals surface area contributed by atoms with Crippen molar-refractivity contribution in [2.45, 2.75) is 19.0 Å². The topological polar surface area (TPSA) is 114 Å². The molecule has 0 bridgehead atoms. The van der Waals surface area contributed by atoms with Gasteiger partial charge in [-0.2, -0.15) is 0 Å². The summed E-state index contributed by atoms with van der Waals surface area (Å²) in [6.07, 6.45) is 0. The minimum atomic E-state index is -1.81. The van der Waals surface area contributed by atoms with E-state index in [0.717, 1.165) is 0 Å². The summed E-state index contributed by atoms with van der Waals surface area (Å²) in [6, 6.07) is 4.76. The Hall–Kier alpha value is -4.02. The van der Waals surface area contributed by atoms with Crippen LogP contribution in [0.3, 0.4) is 0 Å². The molecule has 9 nitrogen and oxygen atoms in total. The zero-order chi connectivity index (χ0) is 22.8. The number of benzene rings is 1. The Balaban J connectivity index is 1.57. The number of furan rings is 1. The van der Waals surface area contributed by atoms with E-state index in [4.69, 9.17) is 9.15 Å². The van der Waals surface area contributed by atoms with Crippen molar-refractivity contribution < 1.29 is 32.3 Å². The Bertz CT molecular complexity index is 1300. The van der Waals surface area contributed by atoms with Crippen molar-refractivity contribution in [3.05, 3.63) is 58.5 Å². The Labute approximate surface area is 179 Å². The minimum absolute atomic E-state index is 0.00615. The summed E-state index contributed by atoms with van der Waals surface area (Å²) in [5.41, 5.74) is -1.38. The van der Waals surface area contributed by atoms with Crippen LogP contribution in [0.15, 0.2) is 28.7 Å². The van der Waals surface area contributed by atoms with E-state index >= 15 is 0 Å². The van der Waals surface area contributed by atoms with Crippen LogP contribution in [-0.4, -0.2) is 41.4 Å². The van der Waals surface area contributed by atoms with Gasteiger partial charge in [-0.25, -0.2) is 18.6 Å². The van der Waals surface area contributed by atoms with Crippen molar-refractivity contribution in [2.24, 2.45) is 0 Å². The normalized spacial score (nSPS) is 20.0. The third-order valence-electron chi connectivity index (χ3n) is 5.70. The van der Waals surface area contributed by atoms with Crippen LogP contribution in [-0.2, 0) is 16.9 Å². The smallest absolute Gasteiger partial charge is 0.322 e. The van der Waals surface area contributed by atoms with Crippen LogP contribution in [0.25, 0.3) is 11.1 Å². The molecule has 1 fully saturated rings. The quantitative estimate of drug-likeness (QED) is 0.599. The van der Waals surface area contributed by atoms with E-state index in [0.29, 0.717) is 5.56 Å². The highest BCUT2D eigenvalue weighted by Crippen LogP contribution is 2.36. The van der Waals surface area contributed by atoms with E-state index in [1.54, 1.807) is 6.07 Å². The number of hydrogen-bond acceptors (Lipinski definition) is 6. The molecule has 0 unspecified atom stereocenters. The Morgan fingerprint density at radius 1 is 1.25 bits per heavy atom. The third-order valence-corrected chi connectivity index (χ3v) is 5.70. The predicted molar refractivity (Wildman–Crippen MR) is 105 cm³/mol. The molecule has 32 heavy (non-hydrogen) atoms. The number of rotatable bonds is 4. The first-order chi connectivity index (χ1) is 15.2. The molecule has 2 aliphatic heterocycles. The molecule has 1 aromatic carbocycles. The van der Waals surface area contributed by atoms with Gasteiger partial charge in [0.15, 0.2) is 17.1 Å². The van der Waals surface area contributed by atoms with Gasteiger partial charge in [0.25, 0.3) is 11.8 Å². The molecule has 0 saturated carbocycles. The van der Waals surface area contributed by atoms with Crippen molar-refractivity contribution in [3.63, 3.8) is 0 Å². The Morgan fingerprint density at radius 3 is 2.72 bits per heavy atom. The fraction of sp³-hybridized carbons (Fsp3) is 0.238. The van der Waals surface area contributed by atoms with Gasteiger partial charge in [-0.15, -0.1) is 0 Å². The van der Waals surface area contributed by atoms with Gasteiger partial charge in [-0.1, -0.05) is 6.07 Å². The highest BCUT2D eigenvalue weighted by atomic mass is 19.1. The molecule has 0 radical (unpaired) electrons. The number of aryl methyl sites for hydroxylation is 1. The number of urea groups is 1. The molecule has 11 heteroatoms. The lowest BCUT2D eigenvalue weighted by molar-refractivity contribution is -0.125. The van der Waals surface area contributed by atoms with Crippen LogP contribution in [0.1, 0.15) is 27.4 Å². The number of ether oxygens (including phenoxy) is 1. The van der Waals surface area contributed by atoms with Crippen molar-refractivity contribution >= 4 is 28.9 Å². The van der Waals surface area contributed by atoms with Crippen molar-refractivity contribution in [1.29, 1.82) is 0 Å². The SMILES string of the molecule is COc1ccc2c(c1F)C(=O)N(C[C@@]1(c3cc4cc(F)c(C)nc4o3)NC(=O)NC1=O)C2. The van der Waals surface area contributed by atoms with Crippen molar-refractivity contribution in [1.82, 2.24) is 20.5 Å². The lowest BCUT2D eigenvalue weighted by Crippen LogP contribution is -2.52. The van der Waals surface area contributed by atoms with Crippen LogP contribution in [0, 0.1) is 18.6 Å². The summed E-state index contributed by atoms with van der Waals surface area (Å²) in [5, 5.41) is 4.93. The molecular weight excluding hydrogens is 426 g/mol. The van der Waals surface area contributed by atoms with Gasteiger partial charge >= 0.3 is 6.03 Å². The number of carbonyl (C=O) groups excluding carboxylic acids is 3. The third kappa shape index (κ3) is 2.74. The summed E-state index contributed by atoms with van der Waals surface area (Å²) in [7, 11) is 1.29. The molecule has 1 saturated heterocycles. The van der Waals surface area contributed by atoms with Gasteiger partial charge in [-0.05, 0) is 30.7 Å². The molecule has 1 atom stereocenters. The van der Waals surface area contributed by atoms with E-state index in [9.17, 15) is 23.2 Å². The number of carbonyl (C=O) groups is 3. The number of imide groups is 1. The van der Waals surface area contributed by atoms with Crippen molar-refractivity contribution in [2.75, 3.05) is 13.7 Å². The van der Waals surface area contributed by atoms with Crippen LogP contribution in [0.4, 0.5) is 13.6 Å². The molecule has 2 N–H and O–H groups in total. The van der Waals surface area contributed by atoms with Crippen LogP contribution < -0.4 is 15.4 Å². The molecule has 3 aromatic rings. The second-order valence-corrected chi connectivity index (χ2v) is 7.65. The first kappa shape index (κ1) is 19.9. The highest BCUT2D eigenvalue weighted by Gasteiger charge is 2.53. The van der Waals surface area contributed by atoms with Gasteiger partial charge in [0.1, 0.15) is 11.6 Å². The maximum atomic E-state index is 14.7. The Kier molecular flexibility index (Phi) is 4.19. The summed E-state index contributed by atoms with van der Waals surface area (Å²) in [4.78, 5) is 43.1. The zero-order valence-corrected chi connectivity index (χ0v) is 16.9. The molecule has 2 aromatic heterocycles. The van der Waals surface area contributed by atoms with E-state index in [-0.39, 0.29) is 47.0 Å². The summed E-state index contributed by atoms with van der Waals surface area (Å²) in [6.45, 7) is 1.12.